The molecule has 2 aliphatic heterocycles. The fourth-order valence-electron chi connectivity index (χ4n) is 2.94. The standard InChI is InChI=1S/C14H21N3O2/c18-14-2-1-12(15-9-14)10-16-4-3-13(11-16)17-5-7-19-8-6-17/h1-2,9,13,18H,3-8,10-11H2. The lowest BCUT2D eigenvalue weighted by Crippen LogP contribution is -2.44. The molecule has 0 aromatic carbocycles. The van der Waals surface area contributed by atoms with Gasteiger partial charge in [-0.2, -0.15) is 0 Å². The molecule has 1 unspecified atom stereocenters. The average Bonchev–Trinajstić information content (AvgIpc) is 2.91. The Morgan fingerprint density at radius 2 is 2.11 bits per heavy atom. The lowest BCUT2D eigenvalue weighted by Gasteiger charge is -2.32. The van der Waals surface area contributed by atoms with Crippen molar-refractivity contribution in [3.05, 3.63) is 24.0 Å². The summed E-state index contributed by atoms with van der Waals surface area (Å²) in [4.78, 5) is 9.25. The monoisotopic (exact) mass is 263 g/mol. The summed E-state index contributed by atoms with van der Waals surface area (Å²) < 4.78 is 5.40. The largest absolute Gasteiger partial charge is 0.506 e. The number of hydrogen-bond donors (Lipinski definition) is 1. The van der Waals surface area contributed by atoms with Crippen molar-refractivity contribution in [1.82, 2.24) is 14.8 Å². The molecule has 1 aromatic heterocycles. The van der Waals surface area contributed by atoms with Gasteiger partial charge in [-0.25, -0.2) is 0 Å². The van der Waals surface area contributed by atoms with E-state index in [-0.39, 0.29) is 5.75 Å². The van der Waals surface area contributed by atoms with Crippen LogP contribution in [0.25, 0.3) is 0 Å². The minimum Gasteiger partial charge on any atom is -0.506 e. The molecule has 5 nitrogen and oxygen atoms in total. The molecule has 0 amide bonds. The summed E-state index contributed by atoms with van der Waals surface area (Å²) in [6.45, 7) is 6.99. The van der Waals surface area contributed by atoms with Crippen molar-refractivity contribution >= 4 is 0 Å². The third-order valence-electron chi connectivity index (χ3n) is 4.00. The van der Waals surface area contributed by atoms with Gasteiger partial charge in [0.15, 0.2) is 0 Å². The van der Waals surface area contributed by atoms with Crippen molar-refractivity contribution in [1.29, 1.82) is 0 Å². The molecule has 1 atom stereocenters. The first-order valence-electron chi connectivity index (χ1n) is 6.99. The number of nitrogens with zero attached hydrogens (tertiary/aromatic N) is 3. The third-order valence-corrected chi connectivity index (χ3v) is 4.00. The Morgan fingerprint density at radius 3 is 2.84 bits per heavy atom. The highest BCUT2D eigenvalue weighted by Crippen LogP contribution is 2.19. The second-order valence-electron chi connectivity index (χ2n) is 5.33. The Bertz CT molecular complexity index is 404. The zero-order chi connectivity index (χ0) is 13.1. The Balaban J connectivity index is 1.52. The van der Waals surface area contributed by atoms with Gasteiger partial charge in [0.1, 0.15) is 5.75 Å². The van der Waals surface area contributed by atoms with Crippen LogP contribution in [0, 0.1) is 0 Å². The maximum absolute atomic E-state index is 9.24. The lowest BCUT2D eigenvalue weighted by atomic mass is 10.2. The van der Waals surface area contributed by atoms with E-state index in [4.69, 9.17) is 4.74 Å². The number of morpholine rings is 1. The van der Waals surface area contributed by atoms with Crippen LogP contribution < -0.4 is 0 Å². The van der Waals surface area contributed by atoms with Crippen molar-refractivity contribution < 1.29 is 9.84 Å². The van der Waals surface area contributed by atoms with Gasteiger partial charge >= 0.3 is 0 Å². The molecule has 1 N–H and O–H groups in total. The van der Waals surface area contributed by atoms with E-state index < -0.39 is 0 Å². The average molecular weight is 263 g/mol. The second kappa shape index (κ2) is 5.86. The van der Waals surface area contributed by atoms with Gasteiger partial charge in [-0.15, -0.1) is 0 Å². The van der Waals surface area contributed by atoms with Crippen LogP contribution >= 0.6 is 0 Å². The van der Waals surface area contributed by atoms with Gasteiger partial charge in [-0.1, -0.05) is 0 Å². The summed E-state index contributed by atoms with van der Waals surface area (Å²) in [7, 11) is 0. The molecular formula is C14H21N3O2. The smallest absolute Gasteiger partial charge is 0.133 e. The number of likely N-dealkylation sites (tertiary alicyclic amines) is 1. The molecule has 5 heteroatoms. The predicted molar refractivity (Wildman–Crippen MR) is 72.0 cm³/mol. The van der Waals surface area contributed by atoms with E-state index in [1.165, 1.54) is 12.6 Å². The zero-order valence-corrected chi connectivity index (χ0v) is 11.2. The summed E-state index contributed by atoms with van der Waals surface area (Å²) in [6.07, 6.45) is 2.75. The van der Waals surface area contributed by atoms with E-state index in [1.54, 1.807) is 6.07 Å². The highest BCUT2D eigenvalue weighted by atomic mass is 16.5. The predicted octanol–water partition coefficient (Wildman–Crippen LogP) is 0.694. The van der Waals surface area contributed by atoms with E-state index in [1.807, 2.05) is 6.07 Å². The first-order chi connectivity index (χ1) is 9.31. The fourth-order valence-corrected chi connectivity index (χ4v) is 2.94. The van der Waals surface area contributed by atoms with Crippen LogP contribution in [-0.4, -0.2) is 65.3 Å². The number of rotatable bonds is 3. The van der Waals surface area contributed by atoms with Gasteiger partial charge in [-0.05, 0) is 18.6 Å². The Morgan fingerprint density at radius 1 is 1.26 bits per heavy atom. The maximum Gasteiger partial charge on any atom is 0.133 e. The van der Waals surface area contributed by atoms with Crippen molar-refractivity contribution in [3.63, 3.8) is 0 Å². The number of aromatic nitrogens is 1. The Hall–Kier alpha value is -1.17. The maximum atomic E-state index is 9.24. The molecule has 19 heavy (non-hydrogen) atoms. The normalized spacial score (nSPS) is 25.8. The molecule has 0 aliphatic carbocycles. The van der Waals surface area contributed by atoms with E-state index >= 15 is 0 Å². The number of pyridine rings is 1. The molecule has 2 saturated heterocycles. The van der Waals surface area contributed by atoms with Crippen molar-refractivity contribution in [2.45, 2.75) is 19.0 Å². The van der Waals surface area contributed by atoms with Crippen LogP contribution in [0.5, 0.6) is 5.75 Å². The van der Waals surface area contributed by atoms with Gasteiger partial charge in [0.05, 0.1) is 25.1 Å². The van der Waals surface area contributed by atoms with Gasteiger partial charge in [0.2, 0.25) is 0 Å². The topological polar surface area (TPSA) is 48.8 Å². The summed E-state index contributed by atoms with van der Waals surface area (Å²) in [6, 6.07) is 4.27. The third kappa shape index (κ3) is 3.23. The second-order valence-corrected chi connectivity index (χ2v) is 5.33. The molecule has 0 saturated carbocycles. The number of aromatic hydroxyl groups is 1. The minimum absolute atomic E-state index is 0.233. The summed E-state index contributed by atoms with van der Waals surface area (Å²) in [5.41, 5.74) is 1.03. The Labute approximate surface area is 113 Å². The highest BCUT2D eigenvalue weighted by molar-refractivity contribution is 5.17. The van der Waals surface area contributed by atoms with Crippen LogP contribution in [0.4, 0.5) is 0 Å². The van der Waals surface area contributed by atoms with Gasteiger partial charge in [0.25, 0.3) is 0 Å². The first kappa shape index (κ1) is 12.8. The quantitative estimate of drug-likeness (QED) is 0.869. The van der Waals surface area contributed by atoms with Crippen molar-refractivity contribution in [2.75, 3.05) is 39.4 Å². The lowest BCUT2D eigenvalue weighted by molar-refractivity contribution is 0.0183. The summed E-state index contributed by atoms with van der Waals surface area (Å²) in [5, 5.41) is 9.24. The van der Waals surface area contributed by atoms with E-state index in [9.17, 15) is 5.11 Å². The van der Waals surface area contributed by atoms with E-state index in [2.05, 4.69) is 14.8 Å². The molecule has 3 heterocycles. The van der Waals surface area contributed by atoms with Crippen LogP contribution in [0.2, 0.25) is 0 Å². The summed E-state index contributed by atoms with van der Waals surface area (Å²) in [5.74, 6) is 0.233. The van der Waals surface area contributed by atoms with Crippen LogP contribution in [-0.2, 0) is 11.3 Å². The number of hydrogen-bond acceptors (Lipinski definition) is 5. The van der Waals surface area contributed by atoms with E-state index in [0.717, 1.165) is 51.6 Å². The first-order valence-corrected chi connectivity index (χ1v) is 6.99. The molecule has 2 fully saturated rings. The van der Waals surface area contributed by atoms with Gasteiger partial charge < -0.3 is 9.84 Å². The molecule has 0 radical (unpaired) electrons. The molecule has 2 aliphatic rings. The molecule has 0 bridgehead atoms. The van der Waals surface area contributed by atoms with Crippen LogP contribution in [0.15, 0.2) is 18.3 Å². The fraction of sp³-hybridized carbons (Fsp3) is 0.643. The van der Waals surface area contributed by atoms with Gasteiger partial charge in [-0.3, -0.25) is 14.8 Å². The molecule has 1 aromatic rings. The number of ether oxygens (including phenoxy) is 1. The van der Waals surface area contributed by atoms with Crippen molar-refractivity contribution in [3.8, 4) is 5.75 Å². The van der Waals surface area contributed by atoms with Crippen LogP contribution in [0.3, 0.4) is 0 Å². The minimum atomic E-state index is 0.233. The Kier molecular flexibility index (Phi) is 3.96. The molecular weight excluding hydrogens is 242 g/mol. The molecule has 3 rings (SSSR count). The van der Waals surface area contributed by atoms with Crippen molar-refractivity contribution in [2.24, 2.45) is 0 Å². The SMILES string of the molecule is Oc1ccc(CN2CCC(N3CCOCC3)C2)nc1. The van der Waals surface area contributed by atoms with E-state index in [0.29, 0.717) is 6.04 Å². The zero-order valence-electron chi connectivity index (χ0n) is 11.2. The molecule has 104 valence electrons. The summed E-state index contributed by atoms with van der Waals surface area (Å²) >= 11 is 0. The highest BCUT2D eigenvalue weighted by Gasteiger charge is 2.28. The molecule has 0 spiro atoms. The van der Waals surface area contributed by atoms with Gasteiger partial charge in [0, 0.05) is 38.8 Å². The van der Waals surface area contributed by atoms with Crippen LogP contribution in [0.1, 0.15) is 12.1 Å².